The van der Waals surface area contributed by atoms with Crippen LogP contribution in [0, 0.1) is 5.92 Å². The molecule has 1 aromatic rings. The number of H-pyrrole nitrogens is 1. The number of likely N-dealkylation sites (tertiary alicyclic amines) is 1. The Morgan fingerprint density at radius 3 is 2.81 bits per heavy atom. The Bertz CT molecular complexity index is 531. The topological polar surface area (TPSA) is 101 Å². The van der Waals surface area contributed by atoms with E-state index in [2.05, 4.69) is 25.9 Å². The number of carbonyl (C=O) groups is 2. The number of aromatic nitrogens is 2. The molecule has 0 radical (unpaired) electrons. The van der Waals surface area contributed by atoms with Gasteiger partial charge in [-0.05, 0) is 34.7 Å². The summed E-state index contributed by atoms with van der Waals surface area (Å²) in [5, 5.41) is 0. The number of ether oxygens (including phenoxy) is 1. The van der Waals surface area contributed by atoms with Crippen molar-refractivity contribution >= 4 is 27.9 Å². The molecule has 2 amide bonds. The first-order chi connectivity index (χ1) is 9.90. The molecule has 0 aliphatic carbocycles. The summed E-state index contributed by atoms with van der Waals surface area (Å²) in [6.45, 7) is 4.26. The molecule has 3 N–H and O–H groups in total. The quantitative estimate of drug-likeness (QED) is 0.858. The minimum absolute atomic E-state index is 0.124. The van der Waals surface area contributed by atoms with Crippen molar-refractivity contribution in [1.82, 2.24) is 14.9 Å². The summed E-state index contributed by atoms with van der Waals surface area (Å²) in [6.07, 6.45) is 1.58. The Kier molecular flexibility index (Phi) is 4.87. The fourth-order valence-corrected chi connectivity index (χ4v) is 2.86. The number of primary amides is 1. The lowest BCUT2D eigenvalue weighted by Gasteiger charge is -2.29. The summed E-state index contributed by atoms with van der Waals surface area (Å²) in [6, 6.07) is -0.124. The maximum atomic E-state index is 12.7. The highest BCUT2D eigenvalue weighted by Crippen LogP contribution is 2.32. The zero-order chi connectivity index (χ0) is 15.6. The molecule has 2 unspecified atom stereocenters. The van der Waals surface area contributed by atoms with Gasteiger partial charge in [-0.25, -0.2) is 9.78 Å². The Morgan fingerprint density at radius 2 is 2.29 bits per heavy atom. The monoisotopic (exact) mass is 358 g/mol. The van der Waals surface area contributed by atoms with Crippen molar-refractivity contribution in [3.8, 4) is 0 Å². The number of halogens is 1. The van der Waals surface area contributed by atoms with Crippen LogP contribution in [-0.2, 0) is 9.53 Å². The van der Waals surface area contributed by atoms with E-state index < -0.39 is 12.2 Å². The van der Waals surface area contributed by atoms with E-state index in [1.807, 2.05) is 13.8 Å². The van der Waals surface area contributed by atoms with E-state index in [9.17, 15) is 9.59 Å². The summed E-state index contributed by atoms with van der Waals surface area (Å²) in [5.41, 5.74) is 5.06. The van der Waals surface area contributed by atoms with Crippen molar-refractivity contribution in [2.24, 2.45) is 11.7 Å². The SMILES string of the molecule is CC(C)C(OC(N)=O)C(=O)N1CCCC1c1ncc(Br)[nH]1. The first-order valence-corrected chi connectivity index (χ1v) is 7.66. The third-order valence-electron chi connectivity index (χ3n) is 3.51. The number of nitrogens with zero attached hydrogens (tertiary/aromatic N) is 2. The van der Waals surface area contributed by atoms with Gasteiger partial charge in [-0.1, -0.05) is 13.8 Å². The Hall–Kier alpha value is -1.57. The molecule has 0 saturated carbocycles. The molecule has 2 atom stereocenters. The number of hydrogen-bond acceptors (Lipinski definition) is 4. The maximum Gasteiger partial charge on any atom is 0.405 e. The van der Waals surface area contributed by atoms with Gasteiger partial charge in [0.05, 0.1) is 12.2 Å². The number of aromatic amines is 1. The van der Waals surface area contributed by atoms with E-state index >= 15 is 0 Å². The second-order valence-electron chi connectivity index (χ2n) is 5.41. The number of hydrogen-bond donors (Lipinski definition) is 2. The van der Waals surface area contributed by atoms with Crippen LogP contribution in [0.15, 0.2) is 10.8 Å². The third-order valence-corrected chi connectivity index (χ3v) is 3.91. The van der Waals surface area contributed by atoms with Crippen LogP contribution in [0.1, 0.15) is 38.6 Å². The number of rotatable bonds is 4. The van der Waals surface area contributed by atoms with Gasteiger partial charge in [-0.15, -0.1) is 0 Å². The molecular formula is C13H19BrN4O3. The molecule has 1 fully saturated rings. The van der Waals surface area contributed by atoms with Crippen LogP contribution in [0.25, 0.3) is 0 Å². The van der Waals surface area contributed by atoms with Crippen molar-refractivity contribution in [1.29, 1.82) is 0 Å². The molecule has 1 aromatic heterocycles. The summed E-state index contributed by atoms with van der Waals surface area (Å²) in [4.78, 5) is 32.7. The zero-order valence-corrected chi connectivity index (χ0v) is 13.6. The molecule has 1 aliphatic rings. The minimum atomic E-state index is -0.932. The molecule has 21 heavy (non-hydrogen) atoms. The number of carbonyl (C=O) groups excluding carboxylic acids is 2. The van der Waals surface area contributed by atoms with Gasteiger partial charge in [0.1, 0.15) is 10.4 Å². The summed E-state index contributed by atoms with van der Waals surface area (Å²) in [5.74, 6) is 0.364. The van der Waals surface area contributed by atoms with Gasteiger partial charge in [-0.2, -0.15) is 0 Å². The third kappa shape index (κ3) is 3.55. The van der Waals surface area contributed by atoms with E-state index in [0.717, 1.165) is 23.3 Å². The van der Waals surface area contributed by atoms with Crippen LogP contribution in [-0.4, -0.2) is 39.5 Å². The van der Waals surface area contributed by atoms with Crippen LogP contribution in [0.5, 0.6) is 0 Å². The second-order valence-corrected chi connectivity index (χ2v) is 6.26. The van der Waals surface area contributed by atoms with Crippen LogP contribution in [0.4, 0.5) is 4.79 Å². The molecule has 1 saturated heterocycles. The fourth-order valence-electron chi connectivity index (χ4n) is 2.56. The van der Waals surface area contributed by atoms with Crippen LogP contribution >= 0.6 is 15.9 Å². The minimum Gasteiger partial charge on any atom is -0.436 e. The highest BCUT2D eigenvalue weighted by molar-refractivity contribution is 9.10. The van der Waals surface area contributed by atoms with Crippen molar-refractivity contribution < 1.29 is 14.3 Å². The lowest BCUT2D eigenvalue weighted by molar-refractivity contribution is -0.143. The predicted molar refractivity (Wildman–Crippen MR) is 79.3 cm³/mol. The number of imidazole rings is 1. The smallest absolute Gasteiger partial charge is 0.405 e. The van der Waals surface area contributed by atoms with E-state index in [1.165, 1.54) is 0 Å². The normalized spacial score (nSPS) is 19.8. The van der Waals surface area contributed by atoms with Crippen molar-refractivity contribution in [2.45, 2.75) is 38.8 Å². The van der Waals surface area contributed by atoms with Gasteiger partial charge in [0.15, 0.2) is 6.10 Å². The average Bonchev–Trinajstić information content (AvgIpc) is 3.02. The lowest BCUT2D eigenvalue weighted by Crippen LogP contribution is -2.44. The van der Waals surface area contributed by atoms with E-state index in [-0.39, 0.29) is 17.9 Å². The fraction of sp³-hybridized carbons (Fsp3) is 0.615. The molecule has 8 heteroatoms. The Balaban J connectivity index is 2.17. The highest BCUT2D eigenvalue weighted by Gasteiger charge is 2.38. The van der Waals surface area contributed by atoms with E-state index in [4.69, 9.17) is 10.5 Å². The van der Waals surface area contributed by atoms with E-state index in [1.54, 1.807) is 11.1 Å². The van der Waals surface area contributed by atoms with Crippen molar-refractivity contribution in [2.75, 3.05) is 6.54 Å². The van der Waals surface area contributed by atoms with E-state index in [0.29, 0.717) is 6.54 Å². The second kappa shape index (κ2) is 6.46. The maximum absolute atomic E-state index is 12.7. The molecule has 7 nitrogen and oxygen atoms in total. The van der Waals surface area contributed by atoms with Crippen molar-refractivity contribution in [3.63, 3.8) is 0 Å². The van der Waals surface area contributed by atoms with Crippen LogP contribution in [0.3, 0.4) is 0 Å². The molecule has 2 heterocycles. The van der Waals surface area contributed by atoms with Crippen LogP contribution in [0.2, 0.25) is 0 Å². The largest absolute Gasteiger partial charge is 0.436 e. The first-order valence-electron chi connectivity index (χ1n) is 6.87. The van der Waals surface area contributed by atoms with Gasteiger partial charge in [0.2, 0.25) is 0 Å². The number of amides is 2. The van der Waals surface area contributed by atoms with Crippen molar-refractivity contribution in [3.05, 3.63) is 16.6 Å². The molecule has 0 spiro atoms. The Morgan fingerprint density at radius 1 is 1.57 bits per heavy atom. The number of nitrogens with one attached hydrogen (secondary N) is 1. The van der Waals surface area contributed by atoms with Gasteiger partial charge in [0.25, 0.3) is 5.91 Å². The molecule has 2 rings (SSSR count). The summed E-state index contributed by atoms with van der Waals surface area (Å²) >= 11 is 3.31. The van der Waals surface area contributed by atoms with Gasteiger partial charge >= 0.3 is 6.09 Å². The van der Waals surface area contributed by atoms with Gasteiger partial charge in [-0.3, -0.25) is 4.79 Å². The molecule has 1 aliphatic heterocycles. The average molecular weight is 359 g/mol. The highest BCUT2D eigenvalue weighted by atomic mass is 79.9. The lowest BCUT2D eigenvalue weighted by atomic mass is 10.1. The molecule has 0 aromatic carbocycles. The standard InChI is InChI=1S/C13H19BrN4O3/c1-7(2)10(21-13(15)20)12(19)18-5-3-4-8(18)11-16-6-9(14)17-11/h6-8,10H,3-5H2,1-2H3,(H2,15,20)(H,16,17). The molecule has 116 valence electrons. The van der Waals surface area contributed by atoms with Gasteiger partial charge in [0, 0.05) is 6.54 Å². The zero-order valence-electron chi connectivity index (χ0n) is 12.0. The summed E-state index contributed by atoms with van der Waals surface area (Å²) < 4.78 is 5.75. The number of nitrogens with two attached hydrogens (primary N) is 1. The van der Waals surface area contributed by atoms with Gasteiger partial charge < -0.3 is 20.4 Å². The first kappa shape index (κ1) is 15.8. The summed E-state index contributed by atoms with van der Waals surface area (Å²) in [7, 11) is 0. The molecule has 0 bridgehead atoms. The predicted octanol–water partition coefficient (Wildman–Crippen LogP) is 1.96. The van der Waals surface area contributed by atoms with Crippen LogP contribution < -0.4 is 5.73 Å². The Labute approximate surface area is 131 Å². The molecular weight excluding hydrogens is 340 g/mol.